The van der Waals surface area contributed by atoms with Crippen molar-refractivity contribution in [2.75, 3.05) is 11.9 Å². The molecule has 0 unspecified atom stereocenters. The first-order chi connectivity index (χ1) is 13.2. The van der Waals surface area contributed by atoms with Gasteiger partial charge in [0.25, 0.3) is 5.91 Å². The summed E-state index contributed by atoms with van der Waals surface area (Å²) in [5, 5.41) is 4.87. The fourth-order valence-electron chi connectivity index (χ4n) is 3.64. The van der Waals surface area contributed by atoms with Gasteiger partial charge in [-0.05, 0) is 24.3 Å². The summed E-state index contributed by atoms with van der Waals surface area (Å²) < 4.78 is 1.88. The zero-order valence-corrected chi connectivity index (χ0v) is 14.8. The normalized spacial score (nSPS) is 12.6. The largest absolute Gasteiger partial charge is 0.311 e. The number of benzene rings is 3. The van der Waals surface area contributed by atoms with Crippen LogP contribution in [-0.4, -0.2) is 22.7 Å². The summed E-state index contributed by atoms with van der Waals surface area (Å²) in [7, 11) is 1.82. The van der Waals surface area contributed by atoms with E-state index in [1.807, 2.05) is 96.8 Å². The molecule has 0 radical (unpaired) electrons. The number of carbonyl (C=O) groups excluding carboxylic acids is 1. The summed E-state index contributed by atoms with van der Waals surface area (Å²) in [6.07, 6.45) is 2.05. The first-order valence-corrected chi connectivity index (χ1v) is 8.86. The van der Waals surface area contributed by atoms with E-state index in [9.17, 15) is 4.79 Å². The zero-order valence-electron chi connectivity index (χ0n) is 14.8. The van der Waals surface area contributed by atoms with Crippen molar-refractivity contribution in [2.24, 2.45) is 0 Å². The highest BCUT2D eigenvalue weighted by molar-refractivity contribution is 6.14. The monoisotopic (exact) mass is 351 g/mol. The number of hydrogen-bond donors (Lipinski definition) is 0. The molecule has 2 heterocycles. The van der Waals surface area contributed by atoms with E-state index in [0.717, 1.165) is 33.8 Å². The average Bonchev–Trinajstić information content (AvgIpc) is 3.18. The summed E-state index contributed by atoms with van der Waals surface area (Å²) >= 11 is 0. The van der Waals surface area contributed by atoms with Crippen LogP contribution in [0.2, 0.25) is 0 Å². The lowest BCUT2D eigenvalue weighted by molar-refractivity contribution is 0.0993. The Morgan fingerprint density at radius 2 is 1.33 bits per heavy atom. The highest BCUT2D eigenvalue weighted by Crippen LogP contribution is 2.41. The maximum absolute atomic E-state index is 13.1. The number of carbonyl (C=O) groups is 1. The Morgan fingerprint density at radius 3 is 2.11 bits per heavy atom. The van der Waals surface area contributed by atoms with Gasteiger partial charge in [-0.25, -0.2) is 4.68 Å². The molecule has 130 valence electrons. The summed E-state index contributed by atoms with van der Waals surface area (Å²) in [4.78, 5) is 14.8. The molecule has 4 heteroatoms. The Kier molecular flexibility index (Phi) is 3.44. The Balaban J connectivity index is 1.86. The molecule has 0 saturated carbocycles. The first kappa shape index (κ1) is 15.6. The molecule has 5 rings (SSSR count). The van der Waals surface area contributed by atoms with Gasteiger partial charge in [0.15, 0.2) is 0 Å². The maximum Gasteiger partial charge on any atom is 0.258 e. The number of hydrogen-bond acceptors (Lipinski definition) is 2. The molecule has 1 aliphatic heterocycles. The number of para-hydroxylation sites is 2. The van der Waals surface area contributed by atoms with Gasteiger partial charge >= 0.3 is 0 Å². The lowest BCUT2D eigenvalue weighted by Gasteiger charge is -2.24. The van der Waals surface area contributed by atoms with Gasteiger partial charge in [-0.15, -0.1) is 0 Å². The van der Waals surface area contributed by atoms with Crippen molar-refractivity contribution in [3.05, 3.63) is 90.6 Å². The van der Waals surface area contributed by atoms with Crippen molar-refractivity contribution in [3.63, 3.8) is 0 Å². The fraction of sp³-hybridized carbons (Fsp3) is 0.0435. The van der Waals surface area contributed by atoms with Gasteiger partial charge in [0.2, 0.25) is 0 Å². The molecule has 1 amide bonds. The highest BCUT2D eigenvalue weighted by atomic mass is 16.2. The number of anilines is 1. The van der Waals surface area contributed by atoms with E-state index in [0.29, 0.717) is 5.56 Å². The highest BCUT2D eigenvalue weighted by Gasteiger charge is 2.27. The van der Waals surface area contributed by atoms with Crippen molar-refractivity contribution in [1.29, 1.82) is 0 Å². The van der Waals surface area contributed by atoms with Crippen LogP contribution in [0.1, 0.15) is 10.4 Å². The molecule has 27 heavy (non-hydrogen) atoms. The van der Waals surface area contributed by atoms with Crippen LogP contribution in [0.25, 0.3) is 28.1 Å². The first-order valence-electron chi connectivity index (χ1n) is 8.86. The number of nitrogens with zero attached hydrogens (tertiary/aromatic N) is 3. The van der Waals surface area contributed by atoms with Gasteiger partial charge in [-0.3, -0.25) is 4.79 Å². The van der Waals surface area contributed by atoms with Crippen molar-refractivity contribution in [1.82, 2.24) is 9.78 Å². The average molecular weight is 351 g/mol. The maximum atomic E-state index is 13.1. The SMILES string of the molecule is CN1C(=O)c2ccccc2-c2nn(-c3ccccc3)cc2-c2ccccc21. The van der Waals surface area contributed by atoms with Crippen LogP contribution >= 0.6 is 0 Å². The summed E-state index contributed by atoms with van der Waals surface area (Å²) in [5.41, 5.74) is 6.22. The molecule has 0 bridgehead atoms. The molecular weight excluding hydrogens is 334 g/mol. The van der Waals surface area contributed by atoms with Gasteiger partial charge < -0.3 is 4.90 Å². The molecular formula is C23H17N3O. The van der Waals surface area contributed by atoms with Crippen LogP contribution in [0.15, 0.2) is 85.1 Å². The van der Waals surface area contributed by atoms with Gasteiger partial charge in [-0.2, -0.15) is 5.10 Å². The Labute approximate surface area is 157 Å². The van der Waals surface area contributed by atoms with Crippen LogP contribution < -0.4 is 4.90 Å². The van der Waals surface area contributed by atoms with Gasteiger partial charge in [0.05, 0.1) is 11.4 Å². The van der Waals surface area contributed by atoms with Crippen molar-refractivity contribution in [3.8, 4) is 28.1 Å². The number of amides is 1. The van der Waals surface area contributed by atoms with E-state index >= 15 is 0 Å². The van der Waals surface area contributed by atoms with Crippen molar-refractivity contribution >= 4 is 11.6 Å². The molecule has 0 spiro atoms. The van der Waals surface area contributed by atoms with E-state index < -0.39 is 0 Å². The molecule has 0 atom stereocenters. The predicted octanol–water partition coefficient (Wildman–Crippen LogP) is 4.80. The van der Waals surface area contributed by atoms with Crippen LogP contribution in [0.5, 0.6) is 0 Å². The van der Waals surface area contributed by atoms with Crippen molar-refractivity contribution < 1.29 is 4.79 Å². The third-order valence-electron chi connectivity index (χ3n) is 5.01. The molecule has 4 aromatic rings. The molecule has 0 saturated heterocycles. The molecule has 0 aliphatic carbocycles. The Bertz CT molecular complexity index is 1160. The molecule has 0 N–H and O–H groups in total. The van der Waals surface area contributed by atoms with Crippen LogP contribution in [-0.2, 0) is 0 Å². The van der Waals surface area contributed by atoms with E-state index in [2.05, 4.69) is 0 Å². The Hall–Kier alpha value is -3.66. The van der Waals surface area contributed by atoms with Gasteiger partial charge in [-0.1, -0.05) is 54.6 Å². The standard InChI is InChI=1S/C23H17N3O/c1-25-21-14-8-7-11-17(21)20-15-26(16-9-3-2-4-10-16)24-22(20)18-12-5-6-13-19(18)23(25)27/h2-15H,1H3. The minimum atomic E-state index is -0.0297. The Morgan fingerprint density at radius 1 is 0.704 bits per heavy atom. The van der Waals surface area contributed by atoms with Crippen LogP contribution in [0, 0.1) is 0 Å². The van der Waals surface area contributed by atoms with E-state index in [4.69, 9.17) is 5.10 Å². The van der Waals surface area contributed by atoms with Gasteiger partial charge in [0.1, 0.15) is 5.69 Å². The summed E-state index contributed by atoms with van der Waals surface area (Å²) in [5.74, 6) is -0.0297. The zero-order chi connectivity index (χ0) is 18.4. The lowest BCUT2D eigenvalue weighted by Crippen LogP contribution is -2.28. The molecule has 3 aromatic carbocycles. The fourth-order valence-corrected chi connectivity index (χ4v) is 3.64. The number of fused-ring (bicyclic) bond motifs is 5. The minimum Gasteiger partial charge on any atom is -0.311 e. The number of aromatic nitrogens is 2. The summed E-state index contributed by atoms with van der Waals surface area (Å²) in [6.45, 7) is 0. The second-order valence-corrected chi connectivity index (χ2v) is 6.60. The third-order valence-corrected chi connectivity index (χ3v) is 5.01. The van der Waals surface area contributed by atoms with E-state index in [1.54, 1.807) is 4.90 Å². The van der Waals surface area contributed by atoms with Gasteiger partial charge in [0, 0.05) is 35.5 Å². The number of rotatable bonds is 1. The lowest BCUT2D eigenvalue weighted by atomic mass is 9.94. The second kappa shape index (κ2) is 5.95. The van der Waals surface area contributed by atoms with E-state index in [1.165, 1.54) is 0 Å². The molecule has 4 nitrogen and oxygen atoms in total. The second-order valence-electron chi connectivity index (χ2n) is 6.60. The third kappa shape index (κ3) is 2.38. The summed E-state index contributed by atoms with van der Waals surface area (Å²) in [6, 6.07) is 25.7. The smallest absolute Gasteiger partial charge is 0.258 e. The van der Waals surface area contributed by atoms with Crippen LogP contribution in [0.4, 0.5) is 5.69 Å². The van der Waals surface area contributed by atoms with Crippen molar-refractivity contribution in [2.45, 2.75) is 0 Å². The van der Waals surface area contributed by atoms with Crippen LogP contribution in [0.3, 0.4) is 0 Å². The molecule has 0 fully saturated rings. The quantitative estimate of drug-likeness (QED) is 0.494. The molecule has 1 aliphatic rings. The minimum absolute atomic E-state index is 0.0297. The predicted molar refractivity (Wildman–Crippen MR) is 107 cm³/mol. The topological polar surface area (TPSA) is 38.1 Å². The molecule has 1 aromatic heterocycles. The van der Waals surface area contributed by atoms with E-state index in [-0.39, 0.29) is 5.91 Å².